The highest BCUT2D eigenvalue weighted by Crippen LogP contribution is 2.39. The number of hydrogen-bond donors (Lipinski definition) is 1. The van der Waals surface area contributed by atoms with E-state index in [1.165, 1.54) is 12.1 Å². The van der Waals surface area contributed by atoms with E-state index in [-0.39, 0.29) is 0 Å². The van der Waals surface area contributed by atoms with Crippen molar-refractivity contribution in [2.24, 2.45) is 0 Å². The Labute approximate surface area is 152 Å². The first kappa shape index (κ1) is 19.7. The molecule has 2 nitrogen and oxygen atoms in total. The molecule has 3 rings (SSSR count). The van der Waals surface area contributed by atoms with E-state index in [1.54, 1.807) is 19.2 Å². The topological polar surface area (TPSA) is 15.3 Å². The van der Waals surface area contributed by atoms with Gasteiger partial charge in [-0.3, -0.25) is 4.90 Å². The Morgan fingerprint density at radius 2 is 1.37 bits per heavy atom. The zero-order valence-corrected chi connectivity index (χ0v) is 14.4. The Bertz CT molecular complexity index is 799. The van der Waals surface area contributed by atoms with E-state index in [4.69, 9.17) is 0 Å². The van der Waals surface area contributed by atoms with Gasteiger partial charge in [0.1, 0.15) is 0 Å². The molecule has 0 amide bonds. The second-order valence-corrected chi connectivity index (χ2v) is 6.60. The summed E-state index contributed by atoms with van der Waals surface area (Å²) in [7, 11) is 1.76. The van der Waals surface area contributed by atoms with E-state index < -0.39 is 35.6 Å². The molecule has 1 fully saturated rings. The molecule has 2 aromatic rings. The van der Waals surface area contributed by atoms with Gasteiger partial charge >= 0.3 is 12.4 Å². The lowest BCUT2D eigenvalue weighted by atomic mass is 9.89. The monoisotopic (exact) mass is 388 g/mol. The highest BCUT2D eigenvalue weighted by atomic mass is 19.4. The van der Waals surface area contributed by atoms with Gasteiger partial charge in [0, 0.05) is 13.1 Å². The third-order valence-corrected chi connectivity index (χ3v) is 4.75. The van der Waals surface area contributed by atoms with Crippen molar-refractivity contribution in [2.45, 2.75) is 24.4 Å². The van der Waals surface area contributed by atoms with Crippen molar-refractivity contribution < 1.29 is 26.3 Å². The van der Waals surface area contributed by atoms with Crippen molar-refractivity contribution >= 4 is 0 Å². The normalized spacial score (nSPS) is 22.0. The first-order valence-electron chi connectivity index (χ1n) is 8.35. The summed E-state index contributed by atoms with van der Waals surface area (Å²) in [5, 5.41) is 3.16. The Hall–Kier alpha value is -2.06. The van der Waals surface area contributed by atoms with E-state index in [0.717, 1.165) is 24.3 Å². The predicted octanol–water partition coefficient (Wildman–Crippen LogP) is 5.04. The molecule has 0 bridgehead atoms. The van der Waals surface area contributed by atoms with Crippen LogP contribution in [0.15, 0.2) is 48.5 Å². The summed E-state index contributed by atoms with van der Waals surface area (Å²) in [5.41, 5.74) is -0.764. The maximum atomic E-state index is 13.1. The van der Waals surface area contributed by atoms with Gasteiger partial charge in [-0.05, 0) is 42.4 Å². The van der Waals surface area contributed by atoms with Crippen molar-refractivity contribution in [2.75, 3.05) is 20.1 Å². The molecule has 146 valence electrons. The number of hydrogen-bond acceptors (Lipinski definition) is 2. The second kappa shape index (κ2) is 7.16. The number of piperazine rings is 1. The number of rotatable bonds is 2. The molecule has 1 aliphatic rings. The van der Waals surface area contributed by atoms with E-state index in [2.05, 4.69) is 5.32 Å². The minimum absolute atomic E-state index is 0.388. The zero-order chi connectivity index (χ0) is 19.8. The molecule has 1 saturated heterocycles. The number of halogens is 6. The number of nitrogens with zero attached hydrogens (tertiary/aromatic N) is 1. The highest BCUT2D eigenvalue weighted by molar-refractivity contribution is 5.34. The van der Waals surface area contributed by atoms with Crippen molar-refractivity contribution in [1.82, 2.24) is 10.2 Å². The third-order valence-electron chi connectivity index (χ3n) is 4.75. The van der Waals surface area contributed by atoms with Crippen LogP contribution in [0.5, 0.6) is 0 Å². The Morgan fingerprint density at radius 1 is 0.852 bits per heavy atom. The molecule has 1 N–H and O–H groups in total. The molecule has 0 aromatic heterocycles. The molecule has 0 aliphatic carbocycles. The van der Waals surface area contributed by atoms with Crippen LogP contribution in [-0.4, -0.2) is 25.0 Å². The largest absolute Gasteiger partial charge is 0.416 e. The minimum Gasteiger partial charge on any atom is -0.307 e. The standard InChI is InChI=1S/C19H18F6N2/c1-27-9-8-26-16(12-4-2-6-14(10-12)18(20,21)22)17(27)13-5-3-7-15(11-13)19(23,24)25/h2-7,10-11,16-17,26H,8-9H2,1H3. The van der Waals surface area contributed by atoms with Crippen LogP contribution in [-0.2, 0) is 12.4 Å². The fourth-order valence-electron chi connectivity index (χ4n) is 3.46. The van der Waals surface area contributed by atoms with E-state index in [1.807, 2.05) is 4.90 Å². The van der Waals surface area contributed by atoms with Gasteiger partial charge in [-0.25, -0.2) is 0 Å². The Morgan fingerprint density at radius 3 is 1.93 bits per heavy atom. The Kier molecular flexibility index (Phi) is 5.22. The molecule has 1 heterocycles. The van der Waals surface area contributed by atoms with Crippen molar-refractivity contribution in [3.05, 3.63) is 70.8 Å². The van der Waals surface area contributed by atoms with Crippen LogP contribution in [0.1, 0.15) is 34.3 Å². The molecule has 0 saturated carbocycles. The van der Waals surface area contributed by atoms with Gasteiger partial charge in [-0.1, -0.05) is 24.3 Å². The quantitative estimate of drug-likeness (QED) is 0.725. The molecule has 2 atom stereocenters. The Balaban J connectivity index is 2.02. The summed E-state index contributed by atoms with van der Waals surface area (Å²) in [6.45, 7) is 1.09. The lowest BCUT2D eigenvalue weighted by molar-refractivity contribution is -0.138. The molecular weight excluding hydrogens is 370 g/mol. The van der Waals surface area contributed by atoms with Crippen LogP contribution in [0.4, 0.5) is 26.3 Å². The molecule has 0 radical (unpaired) electrons. The average molecular weight is 388 g/mol. The first-order valence-corrected chi connectivity index (χ1v) is 8.35. The molecule has 8 heteroatoms. The van der Waals surface area contributed by atoms with Gasteiger partial charge in [0.15, 0.2) is 0 Å². The zero-order valence-electron chi connectivity index (χ0n) is 14.4. The SMILES string of the molecule is CN1CCNC(c2cccc(C(F)(F)F)c2)C1c1cccc(C(F)(F)F)c1. The van der Waals surface area contributed by atoms with E-state index in [9.17, 15) is 26.3 Å². The summed E-state index contributed by atoms with van der Waals surface area (Å²) >= 11 is 0. The molecule has 0 spiro atoms. The van der Waals surface area contributed by atoms with Gasteiger partial charge in [0.25, 0.3) is 0 Å². The average Bonchev–Trinajstić information content (AvgIpc) is 2.60. The number of benzene rings is 2. The first-order chi connectivity index (χ1) is 12.6. The van der Waals surface area contributed by atoms with Crippen LogP contribution >= 0.6 is 0 Å². The molecule has 1 aliphatic heterocycles. The highest BCUT2D eigenvalue weighted by Gasteiger charge is 2.36. The molecule has 2 unspecified atom stereocenters. The van der Waals surface area contributed by atoms with Crippen LogP contribution in [0.2, 0.25) is 0 Å². The van der Waals surface area contributed by atoms with Crippen LogP contribution in [0, 0.1) is 0 Å². The summed E-state index contributed by atoms with van der Waals surface area (Å²) in [5.74, 6) is 0. The van der Waals surface area contributed by atoms with Gasteiger partial charge in [0.05, 0.1) is 23.2 Å². The van der Waals surface area contributed by atoms with Crippen LogP contribution < -0.4 is 5.32 Å². The molecular formula is C19H18F6N2. The van der Waals surface area contributed by atoms with Crippen molar-refractivity contribution in [3.8, 4) is 0 Å². The molecule has 27 heavy (non-hydrogen) atoms. The molecule has 2 aromatic carbocycles. The maximum Gasteiger partial charge on any atom is 0.416 e. The predicted molar refractivity (Wildman–Crippen MR) is 89.0 cm³/mol. The lowest BCUT2D eigenvalue weighted by Crippen LogP contribution is -2.46. The van der Waals surface area contributed by atoms with Gasteiger partial charge in [-0.15, -0.1) is 0 Å². The number of alkyl halides is 6. The lowest BCUT2D eigenvalue weighted by Gasteiger charge is -2.41. The minimum atomic E-state index is -4.48. The fraction of sp³-hybridized carbons (Fsp3) is 0.368. The van der Waals surface area contributed by atoms with Gasteiger partial charge in [0.2, 0.25) is 0 Å². The fourth-order valence-corrected chi connectivity index (χ4v) is 3.46. The van der Waals surface area contributed by atoms with E-state index in [0.29, 0.717) is 24.2 Å². The van der Waals surface area contributed by atoms with Crippen molar-refractivity contribution in [3.63, 3.8) is 0 Å². The maximum absolute atomic E-state index is 13.1. The summed E-state index contributed by atoms with van der Waals surface area (Å²) < 4.78 is 78.4. The van der Waals surface area contributed by atoms with Crippen LogP contribution in [0.3, 0.4) is 0 Å². The van der Waals surface area contributed by atoms with Gasteiger partial charge < -0.3 is 5.32 Å². The summed E-state index contributed by atoms with van der Waals surface area (Å²) in [4.78, 5) is 1.86. The van der Waals surface area contributed by atoms with E-state index >= 15 is 0 Å². The second-order valence-electron chi connectivity index (χ2n) is 6.60. The number of nitrogens with one attached hydrogen (secondary N) is 1. The van der Waals surface area contributed by atoms with Gasteiger partial charge in [-0.2, -0.15) is 26.3 Å². The summed E-state index contributed by atoms with van der Waals surface area (Å²) in [6, 6.07) is 8.78. The van der Waals surface area contributed by atoms with Crippen LogP contribution in [0.25, 0.3) is 0 Å². The van der Waals surface area contributed by atoms with Crippen molar-refractivity contribution in [1.29, 1.82) is 0 Å². The smallest absolute Gasteiger partial charge is 0.307 e. The summed E-state index contributed by atoms with van der Waals surface area (Å²) in [6.07, 6.45) is -8.97. The number of likely N-dealkylation sites (N-methyl/N-ethyl adjacent to an activating group) is 1. The third kappa shape index (κ3) is 4.27.